The topological polar surface area (TPSA) is 93.8 Å². The van der Waals surface area contributed by atoms with E-state index in [-0.39, 0.29) is 5.82 Å². The molecular weight excluding hydrogens is 317 g/mol. The summed E-state index contributed by atoms with van der Waals surface area (Å²) in [6.45, 7) is 1.92. The summed E-state index contributed by atoms with van der Waals surface area (Å²) in [5.41, 5.74) is -3.37. The number of hydrogen-bond donors (Lipinski definition) is 1. The molecule has 2 rings (SSSR count). The van der Waals surface area contributed by atoms with Crippen LogP contribution >= 0.6 is 0 Å². The van der Waals surface area contributed by atoms with Gasteiger partial charge in [0.05, 0.1) is 16.2 Å². The molecule has 0 aliphatic heterocycles. The Hall–Kier alpha value is -2.65. The number of H-pyrrole nitrogens is 1. The molecule has 0 spiro atoms. The van der Waals surface area contributed by atoms with E-state index < -0.39 is 33.7 Å². The second-order valence-electron chi connectivity index (χ2n) is 4.85. The van der Waals surface area contributed by atoms with E-state index in [2.05, 4.69) is 10.1 Å². The molecule has 1 N–H and O–H groups in total. The Morgan fingerprint density at radius 1 is 1.39 bits per heavy atom. The van der Waals surface area contributed by atoms with Crippen LogP contribution in [0.15, 0.2) is 23.0 Å². The normalized spacial score (nSPS) is 11.7. The number of aromatic nitrogens is 3. The number of rotatable bonds is 5. The summed E-state index contributed by atoms with van der Waals surface area (Å²) in [4.78, 5) is 24.0. The summed E-state index contributed by atoms with van der Waals surface area (Å²) in [7, 11) is 0. The fourth-order valence-electron chi connectivity index (χ4n) is 2.04. The third-order valence-corrected chi connectivity index (χ3v) is 3.16. The molecule has 1 aromatic heterocycles. The summed E-state index contributed by atoms with van der Waals surface area (Å²) in [5, 5.41) is 14.5. The van der Waals surface area contributed by atoms with Crippen molar-refractivity contribution in [2.24, 2.45) is 0 Å². The highest BCUT2D eigenvalue weighted by molar-refractivity contribution is 5.49. The number of non-ortho nitro benzene ring substituents is 1. The quantitative estimate of drug-likeness (QED) is 0.674. The second kappa shape index (κ2) is 6.23. The van der Waals surface area contributed by atoms with E-state index in [1.807, 2.05) is 6.92 Å². The van der Waals surface area contributed by atoms with Gasteiger partial charge in [-0.2, -0.15) is 23.0 Å². The molecule has 7 nitrogen and oxygen atoms in total. The van der Waals surface area contributed by atoms with E-state index in [4.69, 9.17) is 0 Å². The van der Waals surface area contributed by atoms with Gasteiger partial charge in [0.25, 0.3) is 5.69 Å². The number of unbranched alkanes of at least 4 members (excludes halogenated alkanes) is 1. The smallest absolute Gasteiger partial charge is 0.292 e. The van der Waals surface area contributed by atoms with Crippen LogP contribution in [0.1, 0.15) is 31.2 Å². The lowest BCUT2D eigenvalue weighted by Crippen LogP contribution is -2.20. The number of nitro benzene ring substituents is 1. The highest BCUT2D eigenvalue weighted by Crippen LogP contribution is 2.35. The molecule has 0 atom stereocenters. The fraction of sp³-hybridized carbons (Fsp3) is 0.385. The predicted octanol–water partition coefficient (Wildman–Crippen LogP) is 2.83. The van der Waals surface area contributed by atoms with Gasteiger partial charge in [-0.25, -0.2) is 4.79 Å². The molecule has 0 fully saturated rings. The van der Waals surface area contributed by atoms with E-state index in [0.717, 1.165) is 25.0 Å². The minimum absolute atomic E-state index is 0.267. The van der Waals surface area contributed by atoms with Crippen LogP contribution in [0.4, 0.5) is 18.9 Å². The van der Waals surface area contributed by atoms with Crippen molar-refractivity contribution >= 4 is 5.69 Å². The molecule has 0 aliphatic rings. The van der Waals surface area contributed by atoms with E-state index >= 15 is 0 Å². The van der Waals surface area contributed by atoms with Crippen molar-refractivity contribution in [1.29, 1.82) is 0 Å². The average molecular weight is 330 g/mol. The van der Waals surface area contributed by atoms with Gasteiger partial charge in [-0.3, -0.25) is 15.1 Å². The lowest BCUT2D eigenvalue weighted by Gasteiger charge is -2.11. The monoisotopic (exact) mass is 330 g/mol. The Bertz CT molecular complexity index is 780. The molecule has 1 heterocycles. The highest BCUT2D eigenvalue weighted by atomic mass is 19.4. The lowest BCUT2D eigenvalue weighted by atomic mass is 10.1. The van der Waals surface area contributed by atoms with Gasteiger partial charge in [-0.15, -0.1) is 0 Å². The van der Waals surface area contributed by atoms with Gasteiger partial charge in [0, 0.05) is 18.6 Å². The van der Waals surface area contributed by atoms with Gasteiger partial charge in [0.2, 0.25) is 0 Å². The Kier molecular flexibility index (Phi) is 4.52. The number of nitrogens with zero attached hydrogens (tertiary/aromatic N) is 3. The minimum Gasteiger partial charge on any atom is -0.292 e. The summed E-state index contributed by atoms with van der Waals surface area (Å²) < 4.78 is 40.0. The van der Waals surface area contributed by atoms with Crippen LogP contribution in [0.25, 0.3) is 5.69 Å². The van der Waals surface area contributed by atoms with Gasteiger partial charge in [-0.1, -0.05) is 13.3 Å². The molecule has 0 aliphatic carbocycles. The summed E-state index contributed by atoms with van der Waals surface area (Å²) in [5.74, 6) is 0.267. The van der Waals surface area contributed by atoms with Crippen molar-refractivity contribution in [3.8, 4) is 5.69 Å². The van der Waals surface area contributed by atoms with Crippen molar-refractivity contribution in [3.05, 3.63) is 50.2 Å². The number of halogens is 3. The summed E-state index contributed by atoms with van der Waals surface area (Å²) in [6, 6.07) is 2.16. The van der Waals surface area contributed by atoms with Gasteiger partial charge >= 0.3 is 11.9 Å². The molecule has 2 aromatic rings. The lowest BCUT2D eigenvalue weighted by molar-refractivity contribution is -0.385. The first-order valence-corrected chi connectivity index (χ1v) is 6.78. The maximum Gasteiger partial charge on any atom is 0.418 e. The van der Waals surface area contributed by atoms with Crippen molar-refractivity contribution < 1.29 is 18.1 Å². The number of nitro groups is 1. The zero-order chi connectivity index (χ0) is 17.2. The predicted molar refractivity (Wildman–Crippen MR) is 74.5 cm³/mol. The SMILES string of the molecule is CCCCc1nn(-c2ccc([N+](=O)[O-])cc2C(F)(F)F)c(=O)[nH]1. The van der Waals surface area contributed by atoms with E-state index in [9.17, 15) is 28.1 Å². The Morgan fingerprint density at radius 3 is 2.65 bits per heavy atom. The first-order valence-electron chi connectivity index (χ1n) is 6.78. The number of aryl methyl sites for hydroxylation is 1. The number of aromatic amines is 1. The average Bonchev–Trinajstić information content (AvgIpc) is 2.84. The largest absolute Gasteiger partial charge is 0.418 e. The molecule has 0 amide bonds. The minimum atomic E-state index is -4.86. The van der Waals surface area contributed by atoms with Crippen LogP contribution in [0, 0.1) is 10.1 Å². The molecule has 0 radical (unpaired) electrons. The third-order valence-electron chi connectivity index (χ3n) is 3.16. The molecular formula is C13H13F3N4O3. The Morgan fingerprint density at radius 2 is 2.09 bits per heavy atom. The van der Waals surface area contributed by atoms with Gasteiger partial charge in [-0.05, 0) is 12.5 Å². The molecule has 23 heavy (non-hydrogen) atoms. The van der Waals surface area contributed by atoms with Crippen LogP contribution in [-0.4, -0.2) is 19.7 Å². The van der Waals surface area contributed by atoms with Gasteiger partial charge < -0.3 is 0 Å². The van der Waals surface area contributed by atoms with E-state index in [1.54, 1.807) is 0 Å². The zero-order valence-electron chi connectivity index (χ0n) is 12.1. The summed E-state index contributed by atoms with van der Waals surface area (Å²) in [6.07, 6.45) is -2.88. The molecule has 1 aromatic carbocycles. The van der Waals surface area contributed by atoms with E-state index in [1.165, 1.54) is 0 Å². The Labute approximate surface area is 127 Å². The zero-order valence-corrected chi connectivity index (χ0v) is 12.1. The maximum atomic E-state index is 13.1. The molecule has 10 heteroatoms. The van der Waals surface area contributed by atoms with Crippen LogP contribution < -0.4 is 5.69 Å². The first kappa shape index (κ1) is 16.7. The van der Waals surface area contributed by atoms with Crippen LogP contribution in [0.2, 0.25) is 0 Å². The van der Waals surface area contributed by atoms with Crippen LogP contribution in [0.5, 0.6) is 0 Å². The van der Waals surface area contributed by atoms with Crippen molar-refractivity contribution in [2.45, 2.75) is 32.4 Å². The van der Waals surface area contributed by atoms with E-state index in [0.29, 0.717) is 17.2 Å². The van der Waals surface area contributed by atoms with Crippen molar-refractivity contribution in [3.63, 3.8) is 0 Å². The number of nitrogens with one attached hydrogen (secondary N) is 1. The molecule has 0 saturated heterocycles. The van der Waals surface area contributed by atoms with Crippen LogP contribution in [0.3, 0.4) is 0 Å². The fourth-order valence-corrected chi connectivity index (χ4v) is 2.04. The molecule has 0 unspecified atom stereocenters. The second-order valence-corrected chi connectivity index (χ2v) is 4.85. The molecule has 124 valence electrons. The van der Waals surface area contributed by atoms with Gasteiger partial charge in [0.1, 0.15) is 5.82 Å². The van der Waals surface area contributed by atoms with Crippen molar-refractivity contribution in [1.82, 2.24) is 14.8 Å². The van der Waals surface area contributed by atoms with Crippen molar-refractivity contribution in [2.75, 3.05) is 0 Å². The number of benzene rings is 1. The highest BCUT2D eigenvalue weighted by Gasteiger charge is 2.36. The molecule has 0 saturated carbocycles. The molecule has 0 bridgehead atoms. The first-order chi connectivity index (χ1) is 10.7. The Balaban J connectivity index is 2.57. The maximum absolute atomic E-state index is 13.1. The number of alkyl halides is 3. The van der Waals surface area contributed by atoms with Crippen LogP contribution in [-0.2, 0) is 12.6 Å². The number of hydrogen-bond acceptors (Lipinski definition) is 4. The summed E-state index contributed by atoms with van der Waals surface area (Å²) >= 11 is 0. The standard InChI is InChI=1S/C13H13F3N4O3/c1-2-3-4-11-17-12(21)19(18-11)10-6-5-8(20(22)23)7-9(10)13(14,15)16/h5-7H,2-4H2,1H3,(H,17,18,21). The van der Waals surface area contributed by atoms with Gasteiger partial charge in [0.15, 0.2) is 0 Å². The third kappa shape index (κ3) is 3.58.